The van der Waals surface area contributed by atoms with Gasteiger partial charge < -0.3 is 5.32 Å². The molecule has 0 aliphatic carbocycles. The van der Waals surface area contributed by atoms with Crippen molar-refractivity contribution >= 4 is 12.4 Å². The summed E-state index contributed by atoms with van der Waals surface area (Å²) in [5.74, 6) is 0. The molecule has 1 aromatic rings. The average molecular weight is 186 g/mol. The van der Waals surface area contributed by atoms with Gasteiger partial charge in [-0.05, 0) is 37.9 Å². The number of hydrogen-bond acceptors (Lipinski definition) is 2. The fraction of sp³-hybridized carbons (Fsp3) is 0.0833. The Morgan fingerprint density at radius 2 is 2.07 bits per heavy atom. The Hall–Kier alpha value is -1.83. The zero-order valence-corrected chi connectivity index (χ0v) is 8.27. The van der Waals surface area contributed by atoms with Gasteiger partial charge in [0.25, 0.3) is 0 Å². The van der Waals surface area contributed by atoms with Crippen LogP contribution in [0.2, 0.25) is 0 Å². The van der Waals surface area contributed by atoms with Crippen LogP contribution in [0, 0.1) is 0 Å². The van der Waals surface area contributed by atoms with Crippen molar-refractivity contribution in [1.29, 1.82) is 0 Å². The van der Waals surface area contributed by atoms with Gasteiger partial charge in [0, 0.05) is 17.6 Å². The minimum absolute atomic E-state index is 1.07. The third-order valence-corrected chi connectivity index (χ3v) is 1.65. The van der Waals surface area contributed by atoms with Gasteiger partial charge in [0.15, 0.2) is 0 Å². The van der Waals surface area contributed by atoms with E-state index in [1.54, 1.807) is 6.20 Å². The molecule has 1 rings (SSSR count). The van der Waals surface area contributed by atoms with E-state index in [1.165, 1.54) is 0 Å². The van der Waals surface area contributed by atoms with Crippen LogP contribution >= 0.6 is 0 Å². The lowest BCUT2D eigenvalue weighted by Crippen LogP contribution is -1.93. The zero-order valence-electron chi connectivity index (χ0n) is 8.27. The van der Waals surface area contributed by atoms with Gasteiger partial charge in [-0.3, -0.25) is 4.99 Å². The maximum Gasteiger partial charge on any atom is 0.0381 e. The summed E-state index contributed by atoms with van der Waals surface area (Å²) in [4.78, 5) is 3.61. The summed E-state index contributed by atoms with van der Waals surface area (Å²) in [6.07, 6.45) is 5.44. The maximum absolute atomic E-state index is 3.61. The first-order valence-electron chi connectivity index (χ1n) is 4.44. The smallest absolute Gasteiger partial charge is 0.0381 e. The molecule has 0 aliphatic rings. The van der Waals surface area contributed by atoms with Crippen LogP contribution in [0.4, 0.5) is 5.69 Å². The average Bonchev–Trinajstić information content (AvgIpc) is 2.20. The summed E-state index contributed by atoms with van der Waals surface area (Å²) in [7, 11) is 0. The molecule has 2 heteroatoms. The lowest BCUT2D eigenvalue weighted by molar-refractivity contribution is 1.37. The van der Waals surface area contributed by atoms with Crippen molar-refractivity contribution in [3.63, 3.8) is 0 Å². The fourth-order valence-corrected chi connectivity index (χ4v) is 1.04. The second-order valence-corrected chi connectivity index (χ2v) is 2.86. The van der Waals surface area contributed by atoms with Crippen molar-refractivity contribution in [1.82, 2.24) is 0 Å². The lowest BCUT2D eigenvalue weighted by atomic mass is 10.3. The summed E-state index contributed by atoms with van der Waals surface area (Å²) in [5.41, 5.74) is 2.15. The maximum atomic E-state index is 3.61. The third-order valence-electron chi connectivity index (χ3n) is 1.65. The number of rotatable bonds is 4. The van der Waals surface area contributed by atoms with E-state index in [2.05, 4.69) is 17.0 Å². The number of para-hydroxylation sites is 1. The summed E-state index contributed by atoms with van der Waals surface area (Å²) in [6.45, 7) is 5.36. The molecule has 0 saturated carbocycles. The number of allylic oxidation sites excluding steroid dienone is 3. The number of anilines is 1. The highest BCUT2D eigenvalue weighted by molar-refractivity contribution is 5.47. The van der Waals surface area contributed by atoms with E-state index in [9.17, 15) is 0 Å². The number of aliphatic imine (C=N–C) groups is 1. The lowest BCUT2D eigenvalue weighted by Gasteiger charge is -2.04. The third kappa shape index (κ3) is 3.72. The molecule has 0 amide bonds. The molecule has 0 saturated heterocycles. The molecule has 0 aliphatic heterocycles. The molecule has 0 unspecified atom stereocenters. The second-order valence-electron chi connectivity index (χ2n) is 2.86. The van der Waals surface area contributed by atoms with E-state index in [0.29, 0.717) is 0 Å². The summed E-state index contributed by atoms with van der Waals surface area (Å²) < 4.78 is 0. The zero-order chi connectivity index (χ0) is 10.2. The van der Waals surface area contributed by atoms with Crippen LogP contribution in [-0.4, -0.2) is 6.72 Å². The Bertz CT molecular complexity index is 337. The van der Waals surface area contributed by atoms with Crippen molar-refractivity contribution in [2.24, 2.45) is 4.99 Å². The molecule has 0 heterocycles. The Balaban J connectivity index is 2.57. The molecule has 1 aromatic carbocycles. The van der Waals surface area contributed by atoms with Crippen LogP contribution in [0.15, 0.2) is 59.4 Å². The molecule has 2 nitrogen and oxygen atoms in total. The highest BCUT2D eigenvalue weighted by Crippen LogP contribution is 2.08. The largest absolute Gasteiger partial charge is 0.359 e. The van der Waals surface area contributed by atoms with Crippen LogP contribution in [0.1, 0.15) is 6.92 Å². The molecular formula is C12H14N2. The van der Waals surface area contributed by atoms with Crippen LogP contribution < -0.4 is 5.32 Å². The number of nitrogens with zero attached hydrogens (tertiary/aromatic N) is 1. The van der Waals surface area contributed by atoms with E-state index in [1.807, 2.05) is 49.4 Å². The molecule has 0 spiro atoms. The molecular weight excluding hydrogens is 172 g/mol. The van der Waals surface area contributed by atoms with Crippen molar-refractivity contribution in [2.75, 3.05) is 5.32 Å². The molecule has 1 N–H and O–H groups in total. The normalized spacial score (nSPS) is 11.6. The van der Waals surface area contributed by atoms with E-state index in [4.69, 9.17) is 0 Å². The van der Waals surface area contributed by atoms with Gasteiger partial charge >= 0.3 is 0 Å². The van der Waals surface area contributed by atoms with Gasteiger partial charge in [0.05, 0.1) is 0 Å². The van der Waals surface area contributed by atoms with Gasteiger partial charge in [-0.1, -0.05) is 18.2 Å². The molecule has 0 fully saturated rings. The van der Waals surface area contributed by atoms with Crippen molar-refractivity contribution in [3.05, 3.63) is 54.4 Å². The minimum atomic E-state index is 1.07. The Kier molecular flexibility index (Phi) is 4.21. The van der Waals surface area contributed by atoms with Crippen LogP contribution in [0.25, 0.3) is 0 Å². The second kappa shape index (κ2) is 5.75. The molecule has 0 aromatic heterocycles. The SMILES string of the molecule is C=N/C=C\C=C(/C)Nc1ccccc1. The molecule has 0 bridgehead atoms. The Morgan fingerprint density at radius 1 is 1.36 bits per heavy atom. The fourth-order valence-electron chi connectivity index (χ4n) is 1.04. The quantitative estimate of drug-likeness (QED) is 0.566. The van der Waals surface area contributed by atoms with Crippen LogP contribution in [0.3, 0.4) is 0 Å². The topological polar surface area (TPSA) is 24.4 Å². The monoisotopic (exact) mass is 186 g/mol. The highest BCUT2D eigenvalue weighted by Gasteiger charge is 1.88. The summed E-state index contributed by atoms with van der Waals surface area (Å²) in [5, 5.41) is 3.25. The highest BCUT2D eigenvalue weighted by atomic mass is 14.9. The Labute approximate surface area is 84.7 Å². The molecule has 14 heavy (non-hydrogen) atoms. The van der Waals surface area contributed by atoms with Crippen molar-refractivity contribution in [3.8, 4) is 0 Å². The first-order chi connectivity index (χ1) is 6.83. The summed E-state index contributed by atoms with van der Waals surface area (Å²) in [6, 6.07) is 10.0. The van der Waals surface area contributed by atoms with Crippen LogP contribution in [-0.2, 0) is 0 Å². The van der Waals surface area contributed by atoms with E-state index >= 15 is 0 Å². The van der Waals surface area contributed by atoms with Crippen molar-refractivity contribution < 1.29 is 0 Å². The predicted molar refractivity (Wildman–Crippen MR) is 62.5 cm³/mol. The minimum Gasteiger partial charge on any atom is -0.359 e. The first kappa shape index (κ1) is 10.3. The van der Waals surface area contributed by atoms with E-state index in [0.717, 1.165) is 11.4 Å². The number of nitrogens with one attached hydrogen (secondary N) is 1. The summed E-state index contributed by atoms with van der Waals surface area (Å²) >= 11 is 0. The molecule has 0 atom stereocenters. The van der Waals surface area contributed by atoms with Gasteiger partial charge in [0.2, 0.25) is 0 Å². The van der Waals surface area contributed by atoms with Gasteiger partial charge in [-0.2, -0.15) is 0 Å². The Morgan fingerprint density at radius 3 is 2.71 bits per heavy atom. The van der Waals surface area contributed by atoms with E-state index < -0.39 is 0 Å². The van der Waals surface area contributed by atoms with Crippen LogP contribution in [0.5, 0.6) is 0 Å². The number of benzene rings is 1. The predicted octanol–water partition coefficient (Wildman–Crippen LogP) is 3.22. The molecule has 72 valence electrons. The standard InChI is InChI=1S/C12H14N2/c1-11(7-6-10-13-2)14-12-8-4-3-5-9-12/h3-10,14H,2H2,1H3/b10-6-,11-7+. The molecule has 0 radical (unpaired) electrons. The van der Waals surface area contributed by atoms with E-state index in [-0.39, 0.29) is 0 Å². The number of hydrogen-bond donors (Lipinski definition) is 1. The van der Waals surface area contributed by atoms with Gasteiger partial charge in [0.1, 0.15) is 0 Å². The van der Waals surface area contributed by atoms with Crippen molar-refractivity contribution in [2.45, 2.75) is 6.92 Å². The van der Waals surface area contributed by atoms with Gasteiger partial charge in [-0.15, -0.1) is 0 Å². The van der Waals surface area contributed by atoms with Gasteiger partial charge in [-0.25, -0.2) is 0 Å². The first-order valence-corrected chi connectivity index (χ1v) is 4.44.